The molecule has 1 aromatic heterocycles. The molecule has 0 aliphatic carbocycles. The summed E-state index contributed by atoms with van der Waals surface area (Å²) in [6.07, 6.45) is 4.52. The van der Waals surface area contributed by atoms with E-state index in [9.17, 15) is 4.79 Å². The van der Waals surface area contributed by atoms with Gasteiger partial charge in [0.15, 0.2) is 0 Å². The summed E-state index contributed by atoms with van der Waals surface area (Å²) in [6.45, 7) is 0. The van der Waals surface area contributed by atoms with Crippen molar-refractivity contribution >= 4 is 18.0 Å². The van der Waals surface area contributed by atoms with Crippen LogP contribution in [0.5, 0.6) is 0 Å². The summed E-state index contributed by atoms with van der Waals surface area (Å²) >= 11 is 1.70. The number of carbonyl (C=O) groups is 1. The van der Waals surface area contributed by atoms with Gasteiger partial charge in [-0.3, -0.25) is 4.79 Å². The van der Waals surface area contributed by atoms with Crippen molar-refractivity contribution in [1.29, 1.82) is 0 Å². The van der Waals surface area contributed by atoms with Crippen LogP contribution < -0.4 is 0 Å². The Hall–Kier alpha value is -1.55. The summed E-state index contributed by atoms with van der Waals surface area (Å²) in [5.41, 5.74) is 1.89. The second-order valence-corrected chi connectivity index (χ2v) is 4.52. The van der Waals surface area contributed by atoms with Crippen LogP contribution >= 0.6 is 11.8 Å². The third kappa shape index (κ3) is 2.52. The van der Waals surface area contributed by atoms with E-state index >= 15 is 0 Å². The Kier molecular flexibility index (Phi) is 3.41. The second-order valence-electron chi connectivity index (χ2n) is 3.47. The van der Waals surface area contributed by atoms with Crippen LogP contribution in [0.4, 0.5) is 0 Å². The zero-order valence-corrected chi connectivity index (χ0v) is 9.78. The van der Waals surface area contributed by atoms with Gasteiger partial charge in [-0.25, -0.2) is 4.98 Å². The van der Waals surface area contributed by atoms with Crippen LogP contribution in [0.25, 0.3) is 0 Å². The second kappa shape index (κ2) is 4.99. The Labute approximate surface area is 98.5 Å². The molecule has 1 aromatic carbocycles. The van der Waals surface area contributed by atoms with E-state index in [-0.39, 0.29) is 0 Å². The van der Waals surface area contributed by atoms with Gasteiger partial charge in [-0.1, -0.05) is 12.1 Å². The van der Waals surface area contributed by atoms with Gasteiger partial charge in [-0.15, -0.1) is 11.8 Å². The number of imidazole rings is 1. The highest BCUT2D eigenvalue weighted by atomic mass is 32.2. The number of hydrogen-bond donors (Lipinski definition) is 0. The monoisotopic (exact) mass is 232 g/mol. The average molecular weight is 232 g/mol. The molecule has 0 aliphatic heterocycles. The summed E-state index contributed by atoms with van der Waals surface area (Å²) < 4.78 is 2.00. The number of thioether (sulfide) groups is 1. The van der Waals surface area contributed by atoms with E-state index in [0.717, 1.165) is 22.5 Å². The topological polar surface area (TPSA) is 34.9 Å². The first-order valence-electron chi connectivity index (χ1n) is 4.93. The number of aromatic nitrogens is 2. The summed E-state index contributed by atoms with van der Waals surface area (Å²) in [6, 6.07) is 7.61. The van der Waals surface area contributed by atoms with E-state index in [1.807, 2.05) is 36.0 Å². The molecule has 0 fully saturated rings. The largest absolute Gasteiger partial charge is 0.337 e. The van der Waals surface area contributed by atoms with Crippen molar-refractivity contribution in [3.05, 3.63) is 48.0 Å². The van der Waals surface area contributed by atoms with Crippen LogP contribution in [0.3, 0.4) is 0 Å². The molecule has 2 rings (SSSR count). The highest BCUT2D eigenvalue weighted by Crippen LogP contribution is 2.22. The van der Waals surface area contributed by atoms with Crippen LogP contribution in [0, 0.1) is 0 Å². The van der Waals surface area contributed by atoms with Gasteiger partial charge in [0.1, 0.15) is 6.29 Å². The SMILES string of the molecule is Cn1cncc1CSc1cccc(C=O)c1. The van der Waals surface area contributed by atoms with Crippen molar-refractivity contribution in [2.24, 2.45) is 7.05 Å². The molecule has 0 unspecified atom stereocenters. The van der Waals surface area contributed by atoms with E-state index in [2.05, 4.69) is 4.98 Å². The minimum atomic E-state index is 0.718. The Morgan fingerprint density at radius 2 is 2.38 bits per heavy atom. The first-order chi connectivity index (χ1) is 7.79. The first-order valence-corrected chi connectivity index (χ1v) is 5.91. The average Bonchev–Trinajstić information content (AvgIpc) is 2.72. The molecule has 0 amide bonds. The molecule has 0 spiro atoms. The number of aldehydes is 1. The molecule has 3 nitrogen and oxygen atoms in total. The maximum absolute atomic E-state index is 10.6. The zero-order valence-electron chi connectivity index (χ0n) is 8.96. The third-order valence-corrected chi connectivity index (χ3v) is 3.32. The van der Waals surface area contributed by atoms with Crippen LogP contribution in [-0.2, 0) is 12.8 Å². The molecule has 82 valence electrons. The molecule has 0 radical (unpaired) electrons. The Morgan fingerprint density at radius 3 is 3.06 bits per heavy atom. The smallest absolute Gasteiger partial charge is 0.150 e. The predicted octanol–water partition coefficient (Wildman–Crippen LogP) is 2.52. The van der Waals surface area contributed by atoms with Gasteiger partial charge in [0.25, 0.3) is 0 Å². The Morgan fingerprint density at radius 1 is 1.50 bits per heavy atom. The van der Waals surface area contributed by atoms with Crippen molar-refractivity contribution in [3.8, 4) is 0 Å². The standard InChI is InChI=1S/C12H12N2OS/c1-14-9-13-6-11(14)8-16-12-4-2-3-10(5-12)7-15/h2-7,9H,8H2,1H3. The number of nitrogens with zero attached hydrogens (tertiary/aromatic N) is 2. The predicted molar refractivity (Wildman–Crippen MR) is 64.6 cm³/mol. The van der Waals surface area contributed by atoms with E-state index < -0.39 is 0 Å². The molecule has 16 heavy (non-hydrogen) atoms. The zero-order chi connectivity index (χ0) is 11.4. The highest BCUT2D eigenvalue weighted by molar-refractivity contribution is 7.98. The minimum Gasteiger partial charge on any atom is -0.337 e. The van der Waals surface area contributed by atoms with Gasteiger partial charge in [0, 0.05) is 35.2 Å². The van der Waals surface area contributed by atoms with Crippen molar-refractivity contribution in [2.45, 2.75) is 10.6 Å². The van der Waals surface area contributed by atoms with E-state index in [0.29, 0.717) is 0 Å². The first kappa shape index (κ1) is 11.0. The lowest BCUT2D eigenvalue weighted by atomic mass is 10.2. The quantitative estimate of drug-likeness (QED) is 0.600. The van der Waals surface area contributed by atoms with E-state index in [1.165, 1.54) is 5.69 Å². The van der Waals surface area contributed by atoms with Gasteiger partial charge in [-0.2, -0.15) is 0 Å². The van der Waals surface area contributed by atoms with Gasteiger partial charge >= 0.3 is 0 Å². The number of carbonyl (C=O) groups excluding carboxylic acids is 1. The van der Waals surface area contributed by atoms with Crippen LogP contribution in [0.1, 0.15) is 16.1 Å². The fourth-order valence-corrected chi connectivity index (χ4v) is 2.35. The maximum Gasteiger partial charge on any atom is 0.150 e. The van der Waals surface area contributed by atoms with Crippen molar-refractivity contribution in [3.63, 3.8) is 0 Å². The van der Waals surface area contributed by atoms with Crippen LogP contribution in [-0.4, -0.2) is 15.8 Å². The number of rotatable bonds is 4. The molecule has 0 bridgehead atoms. The molecule has 0 saturated carbocycles. The van der Waals surface area contributed by atoms with E-state index in [4.69, 9.17) is 0 Å². The van der Waals surface area contributed by atoms with Gasteiger partial charge < -0.3 is 4.57 Å². The molecule has 2 aromatic rings. The lowest BCUT2D eigenvalue weighted by Crippen LogP contribution is -1.92. The molecule has 1 heterocycles. The summed E-state index contributed by atoms with van der Waals surface area (Å²) in [4.78, 5) is 15.8. The fraction of sp³-hybridized carbons (Fsp3) is 0.167. The van der Waals surface area contributed by atoms with Crippen LogP contribution in [0.15, 0.2) is 41.7 Å². The lowest BCUT2D eigenvalue weighted by Gasteiger charge is -2.02. The van der Waals surface area contributed by atoms with Gasteiger partial charge in [-0.05, 0) is 12.1 Å². The van der Waals surface area contributed by atoms with Crippen molar-refractivity contribution in [1.82, 2.24) is 9.55 Å². The minimum absolute atomic E-state index is 0.718. The number of aryl methyl sites for hydroxylation is 1. The highest BCUT2D eigenvalue weighted by Gasteiger charge is 2.00. The van der Waals surface area contributed by atoms with Gasteiger partial charge in [0.2, 0.25) is 0 Å². The van der Waals surface area contributed by atoms with Crippen molar-refractivity contribution in [2.75, 3.05) is 0 Å². The fourth-order valence-electron chi connectivity index (χ4n) is 1.36. The Bertz CT molecular complexity index is 493. The van der Waals surface area contributed by atoms with Crippen LogP contribution in [0.2, 0.25) is 0 Å². The van der Waals surface area contributed by atoms with Crippen molar-refractivity contribution < 1.29 is 4.79 Å². The van der Waals surface area contributed by atoms with Gasteiger partial charge in [0.05, 0.1) is 6.33 Å². The number of hydrogen-bond acceptors (Lipinski definition) is 3. The lowest BCUT2D eigenvalue weighted by molar-refractivity contribution is 0.112. The Balaban J connectivity index is 2.04. The summed E-state index contributed by atoms with van der Waals surface area (Å²) in [5.74, 6) is 0.860. The molecule has 4 heteroatoms. The molecule has 0 atom stereocenters. The molecule has 0 N–H and O–H groups in total. The molecular weight excluding hydrogens is 220 g/mol. The molecule has 0 saturated heterocycles. The molecule has 0 aliphatic rings. The normalized spacial score (nSPS) is 10.3. The number of benzene rings is 1. The third-order valence-electron chi connectivity index (χ3n) is 2.30. The molecular formula is C12H12N2OS. The van der Waals surface area contributed by atoms with E-state index in [1.54, 1.807) is 24.2 Å². The summed E-state index contributed by atoms with van der Waals surface area (Å²) in [5, 5.41) is 0. The maximum atomic E-state index is 10.6. The summed E-state index contributed by atoms with van der Waals surface area (Å²) in [7, 11) is 1.98.